The summed E-state index contributed by atoms with van der Waals surface area (Å²) in [6.45, 7) is 8.19. The second kappa shape index (κ2) is 11.5. The number of carbonyl (C=O) groups excluding carboxylic acids is 3. The molecule has 1 fully saturated rings. The fraction of sp³-hybridized carbons (Fsp3) is 0.182. The molecule has 1 aliphatic rings. The quantitative estimate of drug-likeness (QED) is 0.190. The molecule has 0 atom stereocenters. The standard InChI is InChI=1S/C33H29ClN2O5/c1-5-40-29-17-22(15-25-31(37)35-33(39)36(32(25)38)28-13-10-19(2)14-21(28)4)16-27(34)30(29)41-18-26-20(3)11-12-23-8-6-7-9-24(23)26/h6-17H,5,18H2,1-4H3,(H,35,37,39)/b25-15+. The molecule has 1 N–H and O–H groups in total. The number of imide groups is 2. The van der Waals surface area contributed by atoms with Crippen LogP contribution in [0.5, 0.6) is 11.5 Å². The van der Waals surface area contributed by atoms with E-state index in [2.05, 4.69) is 29.6 Å². The highest BCUT2D eigenvalue weighted by atomic mass is 35.5. The summed E-state index contributed by atoms with van der Waals surface area (Å²) in [4.78, 5) is 39.8. The number of barbiturate groups is 1. The minimum Gasteiger partial charge on any atom is -0.490 e. The Balaban J connectivity index is 1.48. The number of benzene rings is 4. The maximum atomic E-state index is 13.4. The molecule has 0 saturated carbocycles. The third-order valence-corrected chi connectivity index (χ3v) is 7.25. The van der Waals surface area contributed by atoms with Crippen molar-refractivity contribution in [2.75, 3.05) is 11.5 Å². The minimum absolute atomic E-state index is 0.205. The molecule has 7 nitrogen and oxygen atoms in total. The second-order valence-corrected chi connectivity index (χ2v) is 10.3. The summed E-state index contributed by atoms with van der Waals surface area (Å²) in [6, 6.07) is 20.0. The molecule has 1 heterocycles. The summed E-state index contributed by atoms with van der Waals surface area (Å²) < 4.78 is 12.1. The van der Waals surface area contributed by atoms with Gasteiger partial charge in [0.05, 0.1) is 17.3 Å². The number of fused-ring (bicyclic) bond motifs is 1. The van der Waals surface area contributed by atoms with Crippen LogP contribution in [0.2, 0.25) is 5.02 Å². The SMILES string of the molecule is CCOc1cc(/C=C2\C(=O)NC(=O)N(c3ccc(C)cc3C)C2=O)cc(Cl)c1OCc1c(C)ccc2ccccc12. The molecule has 4 amide bonds. The Kier molecular flexibility index (Phi) is 7.81. The van der Waals surface area contributed by atoms with E-state index in [1.807, 2.05) is 39.0 Å². The first kappa shape index (κ1) is 27.9. The summed E-state index contributed by atoms with van der Waals surface area (Å²) in [6.07, 6.45) is 1.40. The van der Waals surface area contributed by atoms with Crippen LogP contribution >= 0.6 is 11.6 Å². The molecule has 0 bridgehead atoms. The maximum Gasteiger partial charge on any atom is 0.335 e. The van der Waals surface area contributed by atoms with E-state index < -0.39 is 17.8 Å². The number of hydrogen-bond acceptors (Lipinski definition) is 5. The van der Waals surface area contributed by atoms with Crippen LogP contribution in [0.4, 0.5) is 10.5 Å². The smallest absolute Gasteiger partial charge is 0.335 e. The first-order chi connectivity index (χ1) is 19.7. The van der Waals surface area contributed by atoms with Crippen molar-refractivity contribution < 1.29 is 23.9 Å². The van der Waals surface area contributed by atoms with Gasteiger partial charge in [-0.1, -0.05) is 65.7 Å². The number of carbonyl (C=O) groups is 3. The van der Waals surface area contributed by atoms with Gasteiger partial charge < -0.3 is 9.47 Å². The zero-order valence-corrected chi connectivity index (χ0v) is 24.0. The highest BCUT2D eigenvalue weighted by Gasteiger charge is 2.37. The number of nitrogens with one attached hydrogen (secondary N) is 1. The van der Waals surface area contributed by atoms with Crippen molar-refractivity contribution in [1.82, 2.24) is 5.32 Å². The number of nitrogens with zero attached hydrogens (tertiary/aromatic N) is 1. The van der Waals surface area contributed by atoms with E-state index >= 15 is 0 Å². The summed E-state index contributed by atoms with van der Waals surface area (Å²) in [7, 11) is 0. The summed E-state index contributed by atoms with van der Waals surface area (Å²) in [5, 5.41) is 4.72. The van der Waals surface area contributed by atoms with Crippen molar-refractivity contribution in [3.63, 3.8) is 0 Å². The van der Waals surface area contributed by atoms with Gasteiger partial charge in [0.25, 0.3) is 11.8 Å². The van der Waals surface area contributed by atoms with Gasteiger partial charge in [-0.25, -0.2) is 9.69 Å². The summed E-state index contributed by atoms with van der Waals surface area (Å²) >= 11 is 6.68. The van der Waals surface area contributed by atoms with Crippen molar-refractivity contribution in [2.45, 2.75) is 34.3 Å². The molecule has 0 aliphatic carbocycles. The molecule has 4 aromatic carbocycles. The van der Waals surface area contributed by atoms with E-state index in [1.165, 1.54) is 6.08 Å². The number of halogens is 1. The van der Waals surface area contributed by atoms with Gasteiger partial charge in [-0.3, -0.25) is 14.9 Å². The molecule has 8 heteroatoms. The molecule has 0 unspecified atom stereocenters. The van der Waals surface area contributed by atoms with Gasteiger partial charge >= 0.3 is 6.03 Å². The first-order valence-electron chi connectivity index (χ1n) is 13.2. The topological polar surface area (TPSA) is 84.9 Å². The highest BCUT2D eigenvalue weighted by Crippen LogP contribution is 2.39. The van der Waals surface area contributed by atoms with Crippen molar-refractivity contribution in [1.29, 1.82) is 0 Å². The van der Waals surface area contributed by atoms with E-state index in [9.17, 15) is 14.4 Å². The van der Waals surface area contributed by atoms with Crippen LogP contribution in [0.25, 0.3) is 16.8 Å². The van der Waals surface area contributed by atoms with Crippen LogP contribution < -0.4 is 19.7 Å². The number of aryl methyl sites for hydroxylation is 3. The number of amides is 4. The number of rotatable bonds is 7. The third-order valence-electron chi connectivity index (χ3n) is 6.97. The zero-order chi connectivity index (χ0) is 29.3. The Morgan fingerprint density at radius 1 is 0.902 bits per heavy atom. The molecule has 1 saturated heterocycles. The third kappa shape index (κ3) is 5.54. The van der Waals surface area contributed by atoms with E-state index in [1.54, 1.807) is 31.2 Å². The average Bonchev–Trinajstić information content (AvgIpc) is 2.93. The lowest BCUT2D eigenvalue weighted by atomic mass is 10.0. The molecule has 41 heavy (non-hydrogen) atoms. The molecule has 0 spiro atoms. The van der Waals surface area contributed by atoms with Gasteiger partial charge in [0.2, 0.25) is 0 Å². The monoisotopic (exact) mass is 568 g/mol. The molecular weight excluding hydrogens is 540 g/mol. The van der Waals surface area contributed by atoms with Gasteiger partial charge in [-0.05, 0) is 79.4 Å². The molecule has 4 aromatic rings. The number of hydrogen-bond donors (Lipinski definition) is 1. The van der Waals surface area contributed by atoms with E-state index in [-0.39, 0.29) is 17.2 Å². The molecular formula is C33H29ClN2O5. The fourth-order valence-corrected chi connectivity index (χ4v) is 5.23. The van der Waals surface area contributed by atoms with E-state index in [0.717, 1.165) is 37.9 Å². The van der Waals surface area contributed by atoms with E-state index in [4.69, 9.17) is 21.1 Å². The lowest BCUT2D eigenvalue weighted by Crippen LogP contribution is -2.54. The molecule has 5 rings (SSSR count). The molecule has 208 valence electrons. The average molecular weight is 569 g/mol. The Morgan fingerprint density at radius 2 is 1.68 bits per heavy atom. The Labute approximate surface area is 243 Å². The van der Waals surface area contributed by atoms with Crippen LogP contribution in [0, 0.1) is 20.8 Å². The van der Waals surface area contributed by atoms with Crippen LogP contribution in [0.15, 0.2) is 72.3 Å². The summed E-state index contributed by atoms with van der Waals surface area (Å²) in [5.74, 6) is -0.793. The fourth-order valence-electron chi connectivity index (χ4n) is 4.95. The van der Waals surface area contributed by atoms with Crippen LogP contribution in [-0.2, 0) is 16.2 Å². The molecule has 0 radical (unpaired) electrons. The molecule has 1 aliphatic heterocycles. The van der Waals surface area contributed by atoms with Crippen molar-refractivity contribution in [3.05, 3.63) is 105 Å². The van der Waals surface area contributed by atoms with Crippen molar-refractivity contribution in [3.8, 4) is 11.5 Å². The maximum absolute atomic E-state index is 13.4. The normalized spacial score (nSPS) is 14.5. The lowest BCUT2D eigenvalue weighted by molar-refractivity contribution is -0.122. The summed E-state index contributed by atoms with van der Waals surface area (Å²) in [5.41, 5.74) is 4.48. The number of urea groups is 1. The Bertz CT molecular complexity index is 1740. The largest absolute Gasteiger partial charge is 0.490 e. The van der Waals surface area contributed by atoms with Crippen molar-refractivity contribution in [2.24, 2.45) is 0 Å². The van der Waals surface area contributed by atoms with Gasteiger partial charge in [0.1, 0.15) is 12.2 Å². The predicted molar refractivity (Wildman–Crippen MR) is 161 cm³/mol. The van der Waals surface area contributed by atoms with Gasteiger partial charge in [0.15, 0.2) is 11.5 Å². The van der Waals surface area contributed by atoms with Crippen molar-refractivity contribution >= 4 is 52.0 Å². The van der Waals surface area contributed by atoms with Gasteiger partial charge in [-0.15, -0.1) is 0 Å². The Hall–Kier alpha value is -4.62. The number of anilines is 1. The second-order valence-electron chi connectivity index (χ2n) is 9.88. The van der Waals surface area contributed by atoms with E-state index in [0.29, 0.717) is 29.4 Å². The Morgan fingerprint density at radius 3 is 2.44 bits per heavy atom. The van der Waals surface area contributed by atoms with Crippen LogP contribution in [0.1, 0.15) is 34.7 Å². The highest BCUT2D eigenvalue weighted by molar-refractivity contribution is 6.39. The lowest BCUT2D eigenvalue weighted by Gasteiger charge is -2.27. The minimum atomic E-state index is -0.801. The zero-order valence-electron chi connectivity index (χ0n) is 23.2. The van der Waals surface area contributed by atoms with Gasteiger partial charge in [0, 0.05) is 5.56 Å². The number of ether oxygens (including phenoxy) is 2. The van der Waals surface area contributed by atoms with Crippen LogP contribution in [0.3, 0.4) is 0 Å². The van der Waals surface area contributed by atoms with Crippen LogP contribution in [-0.4, -0.2) is 24.5 Å². The molecule has 0 aromatic heterocycles. The van der Waals surface area contributed by atoms with Gasteiger partial charge in [-0.2, -0.15) is 0 Å². The predicted octanol–water partition coefficient (Wildman–Crippen LogP) is 7.06. The first-order valence-corrected chi connectivity index (χ1v) is 13.6.